The molecule has 3 aromatic rings. The Kier molecular flexibility index (Phi) is 5.79. The molecule has 1 atom stereocenters. The highest BCUT2D eigenvalue weighted by Gasteiger charge is 2.22. The van der Waals surface area contributed by atoms with Crippen molar-refractivity contribution in [2.24, 2.45) is 0 Å². The first-order valence-corrected chi connectivity index (χ1v) is 10.8. The largest absolute Gasteiger partial charge is 0.490 e. The van der Waals surface area contributed by atoms with Crippen molar-refractivity contribution in [3.63, 3.8) is 0 Å². The molecular formula is C24H25N3O5. The van der Waals surface area contributed by atoms with Gasteiger partial charge in [0.1, 0.15) is 12.4 Å². The number of imidazole rings is 1. The molecule has 0 radical (unpaired) electrons. The number of rotatable bonds is 6. The van der Waals surface area contributed by atoms with Crippen LogP contribution in [0.2, 0.25) is 0 Å². The number of benzene rings is 2. The van der Waals surface area contributed by atoms with Crippen LogP contribution in [0.3, 0.4) is 0 Å². The van der Waals surface area contributed by atoms with Gasteiger partial charge in [0.15, 0.2) is 11.5 Å². The second kappa shape index (κ2) is 9.02. The van der Waals surface area contributed by atoms with Crippen LogP contribution in [0.4, 0.5) is 0 Å². The van der Waals surface area contributed by atoms with Crippen LogP contribution in [0.15, 0.2) is 48.7 Å². The quantitative estimate of drug-likeness (QED) is 0.614. The number of aromatic carboxylic acids is 1. The molecule has 5 rings (SSSR count). The maximum absolute atomic E-state index is 11.0. The number of nitrogens with one attached hydrogen (secondary N) is 1. The van der Waals surface area contributed by atoms with Gasteiger partial charge in [0.2, 0.25) is 0 Å². The highest BCUT2D eigenvalue weighted by Crippen LogP contribution is 2.34. The number of carboxylic acids is 1. The molecule has 8 nitrogen and oxygen atoms in total. The monoisotopic (exact) mass is 435 g/mol. The molecule has 0 aliphatic carbocycles. The van der Waals surface area contributed by atoms with Crippen molar-refractivity contribution in [2.45, 2.75) is 32.2 Å². The lowest BCUT2D eigenvalue weighted by Crippen LogP contribution is -2.35. The molecule has 0 fully saturated rings. The summed E-state index contributed by atoms with van der Waals surface area (Å²) in [4.78, 5) is 15.7. The first-order chi connectivity index (χ1) is 15.7. The van der Waals surface area contributed by atoms with Gasteiger partial charge in [-0.15, -0.1) is 0 Å². The van der Waals surface area contributed by atoms with Crippen LogP contribution >= 0.6 is 0 Å². The third kappa shape index (κ3) is 4.46. The predicted molar refractivity (Wildman–Crippen MR) is 117 cm³/mol. The van der Waals surface area contributed by atoms with Crippen molar-refractivity contribution in [3.8, 4) is 22.8 Å². The van der Waals surface area contributed by atoms with E-state index in [9.17, 15) is 4.79 Å². The second-order valence-corrected chi connectivity index (χ2v) is 7.97. The van der Waals surface area contributed by atoms with Crippen LogP contribution in [-0.4, -0.2) is 46.5 Å². The summed E-state index contributed by atoms with van der Waals surface area (Å²) in [5.74, 6) is 1.54. The molecule has 32 heavy (non-hydrogen) atoms. The Balaban J connectivity index is 1.20. The summed E-state index contributed by atoms with van der Waals surface area (Å²) in [5, 5.41) is 12.4. The lowest BCUT2D eigenvalue weighted by molar-refractivity contribution is 0.00278. The highest BCUT2D eigenvalue weighted by atomic mass is 16.5. The molecule has 2 aliphatic rings. The smallest absolute Gasteiger partial charge is 0.335 e. The molecule has 2 aromatic carbocycles. The summed E-state index contributed by atoms with van der Waals surface area (Å²) in [7, 11) is 0. The average molecular weight is 435 g/mol. The number of hydrogen-bond donors (Lipinski definition) is 2. The van der Waals surface area contributed by atoms with Crippen molar-refractivity contribution in [3.05, 3.63) is 65.6 Å². The molecule has 2 aliphatic heterocycles. The van der Waals surface area contributed by atoms with Gasteiger partial charge in [-0.3, -0.25) is 0 Å². The van der Waals surface area contributed by atoms with Gasteiger partial charge in [0.25, 0.3) is 0 Å². The SMILES string of the molecule is O=C(O)c1ccc(CNCC2Cn3cc(-c4ccc5c(c4)OCCCO5)nc3CO2)cc1. The van der Waals surface area contributed by atoms with Crippen LogP contribution in [0.25, 0.3) is 11.3 Å². The van der Waals surface area contributed by atoms with E-state index in [1.165, 1.54) is 0 Å². The number of carbonyl (C=O) groups is 1. The van der Waals surface area contributed by atoms with Crippen molar-refractivity contribution in [1.82, 2.24) is 14.9 Å². The summed E-state index contributed by atoms with van der Waals surface area (Å²) >= 11 is 0. The Morgan fingerprint density at radius 3 is 2.75 bits per heavy atom. The maximum Gasteiger partial charge on any atom is 0.335 e. The van der Waals surface area contributed by atoms with Crippen LogP contribution in [0, 0.1) is 0 Å². The van der Waals surface area contributed by atoms with Crippen LogP contribution in [-0.2, 0) is 24.4 Å². The third-order valence-electron chi connectivity index (χ3n) is 5.65. The van der Waals surface area contributed by atoms with Crippen molar-refractivity contribution in [2.75, 3.05) is 19.8 Å². The fraction of sp³-hybridized carbons (Fsp3) is 0.333. The van der Waals surface area contributed by atoms with E-state index in [2.05, 4.69) is 16.1 Å². The van der Waals surface area contributed by atoms with Gasteiger partial charge >= 0.3 is 5.97 Å². The third-order valence-corrected chi connectivity index (χ3v) is 5.65. The Labute approximate surface area is 185 Å². The van der Waals surface area contributed by atoms with Crippen LogP contribution in [0.1, 0.15) is 28.2 Å². The topological polar surface area (TPSA) is 94.8 Å². The first kappa shape index (κ1) is 20.5. The zero-order chi connectivity index (χ0) is 21.9. The van der Waals surface area contributed by atoms with Crippen LogP contribution < -0.4 is 14.8 Å². The number of ether oxygens (including phenoxy) is 3. The zero-order valence-corrected chi connectivity index (χ0v) is 17.6. The fourth-order valence-electron chi connectivity index (χ4n) is 3.92. The van der Waals surface area contributed by atoms with E-state index >= 15 is 0 Å². The molecule has 1 aromatic heterocycles. The minimum Gasteiger partial charge on any atom is -0.490 e. The zero-order valence-electron chi connectivity index (χ0n) is 17.6. The van der Waals surface area contributed by atoms with Crippen LogP contribution in [0.5, 0.6) is 11.5 Å². The van der Waals surface area contributed by atoms with E-state index in [0.29, 0.717) is 38.5 Å². The van der Waals surface area contributed by atoms with E-state index < -0.39 is 5.97 Å². The predicted octanol–water partition coefficient (Wildman–Crippen LogP) is 3.10. The molecular weight excluding hydrogens is 410 g/mol. The Hall–Kier alpha value is -3.36. The average Bonchev–Trinajstić information content (AvgIpc) is 3.09. The standard InChI is InChI=1S/C24H25N3O5/c28-24(29)17-4-2-16(3-5-17)11-25-12-19-13-27-14-20(26-23(27)15-32-19)18-6-7-21-22(10-18)31-9-1-8-30-21/h2-7,10,14,19,25H,1,8-9,11-13,15H2,(H,28,29). The molecule has 2 N–H and O–H groups in total. The molecule has 0 amide bonds. The van der Waals surface area contributed by atoms with E-state index in [4.69, 9.17) is 24.3 Å². The number of hydrogen-bond acceptors (Lipinski definition) is 6. The molecule has 0 bridgehead atoms. The van der Waals surface area contributed by atoms with E-state index in [1.54, 1.807) is 12.1 Å². The van der Waals surface area contributed by atoms with Gasteiger partial charge in [-0.25, -0.2) is 9.78 Å². The fourth-order valence-corrected chi connectivity index (χ4v) is 3.92. The molecule has 0 saturated heterocycles. The van der Waals surface area contributed by atoms with Crippen molar-refractivity contribution in [1.29, 1.82) is 0 Å². The molecule has 1 unspecified atom stereocenters. The number of aromatic nitrogens is 2. The summed E-state index contributed by atoms with van der Waals surface area (Å²) in [6.45, 7) is 3.85. The molecule has 0 saturated carbocycles. The number of fused-ring (bicyclic) bond motifs is 2. The van der Waals surface area contributed by atoms with Gasteiger partial charge in [-0.2, -0.15) is 0 Å². The summed E-state index contributed by atoms with van der Waals surface area (Å²) < 4.78 is 19.7. The highest BCUT2D eigenvalue weighted by molar-refractivity contribution is 5.87. The van der Waals surface area contributed by atoms with Gasteiger partial charge in [-0.1, -0.05) is 12.1 Å². The second-order valence-electron chi connectivity index (χ2n) is 7.97. The lowest BCUT2D eigenvalue weighted by Gasteiger charge is -2.24. The molecule has 0 spiro atoms. The van der Waals surface area contributed by atoms with Crippen molar-refractivity contribution >= 4 is 5.97 Å². The lowest BCUT2D eigenvalue weighted by atomic mass is 10.1. The van der Waals surface area contributed by atoms with Crippen molar-refractivity contribution < 1.29 is 24.1 Å². The van der Waals surface area contributed by atoms with Gasteiger partial charge < -0.3 is 29.2 Å². The number of carboxylic acid groups (broad SMARTS) is 1. The Morgan fingerprint density at radius 2 is 1.94 bits per heavy atom. The van der Waals surface area contributed by atoms with Gasteiger partial charge in [0.05, 0.1) is 37.1 Å². The normalized spacial score (nSPS) is 17.4. The van der Waals surface area contributed by atoms with Gasteiger partial charge in [0, 0.05) is 31.3 Å². The van der Waals surface area contributed by atoms with Gasteiger partial charge in [-0.05, 0) is 35.9 Å². The molecule has 166 valence electrons. The minimum absolute atomic E-state index is 0.0339. The summed E-state index contributed by atoms with van der Waals surface area (Å²) in [5.41, 5.74) is 3.22. The summed E-state index contributed by atoms with van der Waals surface area (Å²) in [6, 6.07) is 12.8. The maximum atomic E-state index is 11.0. The first-order valence-electron chi connectivity index (χ1n) is 10.8. The van der Waals surface area contributed by atoms with E-state index in [0.717, 1.165) is 47.1 Å². The summed E-state index contributed by atoms with van der Waals surface area (Å²) in [6.07, 6.45) is 2.98. The molecule has 8 heteroatoms. The number of nitrogens with zero attached hydrogens (tertiary/aromatic N) is 2. The molecule has 3 heterocycles. The Bertz CT molecular complexity index is 1110. The minimum atomic E-state index is -0.914. The van der Waals surface area contributed by atoms with E-state index in [1.807, 2.05) is 30.3 Å². The Morgan fingerprint density at radius 1 is 1.12 bits per heavy atom. The van der Waals surface area contributed by atoms with E-state index in [-0.39, 0.29) is 6.10 Å².